The van der Waals surface area contributed by atoms with Crippen LogP contribution in [-0.2, 0) is 11.0 Å². The smallest absolute Gasteiger partial charge is 0.281 e. The highest BCUT2D eigenvalue weighted by Crippen LogP contribution is 2.32. The van der Waals surface area contributed by atoms with Crippen molar-refractivity contribution in [2.24, 2.45) is 5.92 Å². The lowest BCUT2D eigenvalue weighted by atomic mass is 9.89. The van der Waals surface area contributed by atoms with E-state index >= 15 is 0 Å². The molecule has 0 aromatic heterocycles. The van der Waals surface area contributed by atoms with Gasteiger partial charge in [0.25, 0.3) is 0 Å². The number of rotatable bonds is 3. The van der Waals surface area contributed by atoms with E-state index in [4.69, 9.17) is 11.6 Å². The van der Waals surface area contributed by atoms with Crippen LogP contribution in [0.5, 0.6) is 0 Å². The Morgan fingerprint density at radius 1 is 1.18 bits per heavy atom. The van der Waals surface area contributed by atoms with E-state index in [0.717, 1.165) is 12.1 Å². The summed E-state index contributed by atoms with van der Waals surface area (Å²) >= 11 is 5.44. The van der Waals surface area contributed by atoms with Gasteiger partial charge in [0, 0.05) is 0 Å². The van der Waals surface area contributed by atoms with Crippen molar-refractivity contribution in [2.75, 3.05) is 0 Å². The van der Waals surface area contributed by atoms with E-state index in [1.54, 1.807) is 13.8 Å². The maximum absolute atomic E-state index is 12.3. The lowest BCUT2D eigenvalue weighted by molar-refractivity contribution is -0.137. The standard InChI is InChI=1S/C12H12ClF3O/c1-7(2)10(11(13)17)8-3-5-9(6-4-8)12(14,15)16/h3-7,10H,1-2H3. The quantitative estimate of drug-likeness (QED) is 0.748. The second-order valence-corrected chi connectivity index (χ2v) is 4.52. The van der Waals surface area contributed by atoms with Crippen molar-refractivity contribution in [3.8, 4) is 0 Å². The van der Waals surface area contributed by atoms with E-state index in [-0.39, 0.29) is 5.92 Å². The topological polar surface area (TPSA) is 17.1 Å². The molecule has 0 aliphatic rings. The fourth-order valence-electron chi connectivity index (χ4n) is 1.66. The molecule has 0 N–H and O–H groups in total. The molecule has 1 atom stereocenters. The van der Waals surface area contributed by atoms with Crippen LogP contribution in [0, 0.1) is 5.92 Å². The third-order valence-corrected chi connectivity index (χ3v) is 2.74. The number of alkyl halides is 3. The third kappa shape index (κ3) is 3.46. The van der Waals surface area contributed by atoms with Crippen molar-refractivity contribution in [2.45, 2.75) is 25.9 Å². The van der Waals surface area contributed by atoms with Crippen molar-refractivity contribution >= 4 is 16.8 Å². The van der Waals surface area contributed by atoms with Crippen LogP contribution in [0.25, 0.3) is 0 Å². The molecule has 5 heteroatoms. The number of carbonyl (C=O) groups excluding carboxylic acids is 1. The lowest BCUT2D eigenvalue weighted by Gasteiger charge is -2.17. The van der Waals surface area contributed by atoms with E-state index in [1.165, 1.54) is 12.1 Å². The molecule has 0 spiro atoms. The molecule has 0 amide bonds. The number of halogens is 4. The Balaban J connectivity index is 3.05. The number of hydrogen-bond acceptors (Lipinski definition) is 1. The predicted molar refractivity (Wildman–Crippen MR) is 59.9 cm³/mol. The van der Waals surface area contributed by atoms with E-state index in [2.05, 4.69) is 0 Å². The fraction of sp³-hybridized carbons (Fsp3) is 0.417. The summed E-state index contributed by atoms with van der Waals surface area (Å²) < 4.78 is 37.0. The predicted octanol–water partition coefficient (Wildman–Crippen LogP) is 4.21. The minimum atomic E-state index is -4.36. The van der Waals surface area contributed by atoms with Gasteiger partial charge in [0.05, 0.1) is 11.5 Å². The van der Waals surface area contributed by atoms with Crippen LogP contribution in [0.3, 0.4) is 0 Å². The molecule has 1 aromatic rings. The van der Waals surface area contributed by atoms with Gasteiger partial charge in [0.2, 0.25) is 5.24 Å². The normalized spacial score (nSPS) is 13.8. The molecular weight excluding hydrogens is 253 g/mol. The largest absolute Gasteiger partial charge is 0.416 e. The maximum Gasteiger partial charge on any atom is 0.416 e. The zero-order chi connectivity index (χ0) is 13.2. The molecule has 1 nitrogen and oxygen atoms in total. The van der Waals surface area contributed by atoms with Gasteiger partial charge in [0.15, 0.2) is 0 Å². The average molecular weight is 265 g/mol. The number of hydrogen-bond donors (Lipinski definition) is 0. The Labute approximate surface area is 103 Å². The molecule has 0 heterocycles. The summed E-state index contributed by atoms with van der Waals surface area (Å²) in [4.78, 5) is 11.2. The Hall–Kier alpha value is -1.03. The summed E-state index contributed by atoms with van der Waals surface area (Å²) in [6.45, 7) is 3.59. The van der Waals surface area contributed by atoms with E-state index in [9.17, 15) is 18.0 Å². The van der Waals surface area contributed by atoms with Crippen LogP contribution in [0.1, 0.15) is 30.9 Å². The van der Waals surface area contributed by atoms with Crippen molar-refractivity contribution in [3.63, 3.8) is 0 Å². The molecule has 0 saturated heterocycles. The molecule has 0 saturated carbocycles. The molecule has 0 radical (unpaired) electrons. The van der Waals surface area contributed by atoms with Gasteiger partial charge in [-0.2, -0.15) is 13.2 Å². The molecule has 1 aromatic carbocycles. The summed E-state index contributed by atoms with van der Waals surface area (Å²) in [5.74, 6) is -0.629. The van der Waals surface area contributed by atoms with Crippen LogP contribution in [0.15, 0.2) is 24.3 Å². The van der Waals surface area contributed by atoms with Crippen LogP contribution in [0.2, 0.25) is 0 Å². The second-order valence-electron chi connectivity index (χ2n) is 4.15. The number of carbonyl (C=O) groups is 1. The molecule has 1 rings (SSSR count). The first kappa shape index (κ1) is 14.0. The maximum atomic E-state index is 12.3. The average Bonchev–Trinajstić information content (AvgIpc) is 2.15. The van der Waals surface area contributed by atoms with Crippen molar-refractivity contribution in [3.05, 3.63) is 35.4 Å². The fourth-order valence-corrected chi connectivity index (χ4v) is 2.04. The van der Waals surface area contributed by atoms with Gasteiger partial charge in [-0.1, -0.05) is 26.0 Å². The monoisotopic (exact) mass is 264 g/mol. The van der Waals surface area contributed by atoms with Crippen LogP contribution in [0.4, 0.5) is 13.2 Å². The first-order chi connectivity index (χ1) is 7.73. The van der Waals surface area contributed by atoms with Gasteiger partial charge in [-0.25, -0.2) is 0 Å². The zero-order valence-electron chi connectivity index (χ0n) is 9.38. The summed E-state index contributed by atoms with van der Waals surface area (Å²) in [6, 6.07) is 4.52. The van der Waals surface area contributed by atoms with E-state index in [1.807, 2.05) is 0 Å². The Kier molecular flexibility index (Phi) is 4.20. The van der Waals surface area contributed by atoms with Crippen LogP contribution >= 0.6 is 11.6 Å². The molecule has 17 heavy (non-hydrogen) atoms. The highest BCUT2D eigenvalue weighted by molar-refractivity contribution is 6.64. The Morgan fingerprint density at radius 2 is 1.65 bits per heavy atom. The van der Waals surface area contributed by atoms with Gasteiger partial charge in [-0.15, -0.1) is 0 Å². The van der Waals surface area contributed by atoms with E-state index in [0.29, 0.717) is 5.56 Å². The highest BCUT2D eigenvalue weighted by atomic mass is 35.5. The Morgan fingerprint density at radius 3 is 1.94 bits per heavy atom. The molecule has 94 valence electrons. The summed E-state index contributed by atoms with van der Waals surface area (Å²) in [5, 5.41) is -0.556. The third-order valence-electron chi connectivity index (χ3n) is 2.51. The van der Waals surface area contributed by atoms with Crippen molar-refractivity contribution < 1.29 is 18.0 Å². The van der Waals surface area contributed by atoms with Gasteiger partial charge < -0.3 is 0 Å². The lowest BCUT2D eigenvalue weighted by Crippen LogP contribution is -2.14. The first-order valence-electron chi connectivity index (χ1n) is 5.10. The van der Waals surface area contributed by atoms with Gasteiger partial charge in [0.1, 0.15) is 0 Å². The summed E-state index contributed by atoms with van der Waals surface area (Å²) in [7, 11) is 0. The zero-order valence-corrected chi connectivity index (χ0v) is 10.1. The summed E-state index contributed by atoms with van der Waals surface area (Å²) in [5.41, 5.74) is -0.223. The number of benzene rings is 1. The van der Waals surface area contributed by atoms with Gasteiger partial charge >= 0.3 is 6.18 Å². The van der Waals surface area contributed by atoms with Crippen molar-refractivity contribution in [1.29, 1.82) is 0 Å². The minimum absolute atomic E-state index is 0.0586. The molecular formula is C12H12ClF3O. The SMILES string of the molecule is CC(C)C(C(=O)Cl)c1ccc(C(F)(F)F)cc1. The van der Waals surface area contributed by atoms with Gasteiger partial charge in [-0.3, -0.25) is 4.79 Å². The van der Waals surface area contributed by atoms with Crippen LogP contribution in [-0.4, -0.2) is 5.24 Å². The van der Waals surface area contributed by atoms with E-state index < -0.39 is 22.9 Å². The minimum Gasteiger partial charge on any atom is -0.281 e. The first-order valence-corrected chi connectivity index (χ1v) is 5.47. The molecule has 0 bridgehead atoms. The highest BCUT2D eigenvalue weighted by Gasteiger charge is 2.31. The second kappa shape index (κ2) is 5.08. The molecule has 0 aliphatic carbocycles. The van der Waals surface area contributed by atoms with Crippen molar-refractivity contribution in [1.82, 2.24) is 0 Å². The molecule has 1 unspecified atom stereocenters. The molecule has 0 fully saturated rings. The van der Waals surface area contributed by atoms with Crippen LogP contribution < -0.4 is 0 Å². The van der Waals surface area contributed by atoms with Gasteiger partial charge in [-0.05, 0) is 35.2 Å². The summed E-state index contributed by atoms with van der Waals surface area (Å²) in [6.07, 6.45) is -4.36. The molecule has 0 aliphatic heterocycles. The Bertz CT molecular complexity index is 395.